The van der Waals surface area contributed by atoms with Crippen LogP contribution in [0.4, 0.5) is 0 Å². The number of hydrogen-bond donors (Lipinski definition) is 1. The maximum absolute atomic E-state index is 11.6. The molecule has 0 aromatic heterocycles. The number of carbonyl (C=O) groups is 2. The smallest absolute Gasteiger partial charge is 0.237 e. The standard InChI is InChI=1S/C9H15BN2O2/c1-6(13)8-3-7(10)5-12(8)9(14)4-11-2/h7-8,11H,3-5H2,1-2H3. The van der Waals surface area contributed by atoms with Crippen LogP contribution in [-0.4, -0.2) is 50.6 Å². The van der Waals surface area contributed by atoms with Crippen molar-refractivity contribution in [2.24, 2.45) is 0 Å². The Labute approximate surface area is 85.4 Å². The topological polar surface area (TPSA) is 49.4 Å². The van der Waals surface area contributed by atoms with E-state index in [2.05, 4.69) is 5.32 Å². The molecule has 0 bridgehead atoms. The lowest BCUT2D eigenvalue weighted by Crippen LogP contribution is -2.43. The van der Waals surface area contributed by atoms with Gasteiger partial charge in [-0.05, 0) is 20.4 Å². The molecule has 14 heavy (non-hydrogen) atoms. The number of ketones is 1. The predicted molar refractivity (Wildman–Crippen MR) is 54.2 cm³/mol. The lowest BCUT2D eigenvalue weighted by molar-refractivity contribution is -0.136. The first-order valence-corrected chi connectivity index (χ1v) is 4.76. The molecule has 2 unspecified atom stereocenters. The summed E-state index contributed by atoms with van der Waals surface area (Å²) < 4.78 is 0. The van der Waals surface area contributed by atoms with Crippen LogP contribution in [-0.2, 0) is 9.59 Å². The second kappa shape index (κ2) is 4.60. The molecule has 2 radical (unpaired) electrons. The van der Waals surface area contributed by atoms with E-state index in [1.165, 1.54) is 6.92 Å². The quantitative estimate of drug-likeness (QED) is 0.607. The zero-order chi connectivity index (χ0) is 10.7. The molecule has 1 heterocycles. The van der Waals surface area contributed by atoms with Crippen molar-refractivity contribution in [1.29, 1.82) is 0 Å². The molecular weight excluding hydrogens is 179 g/mol. The number of hydrogen-bond acceptors (Lipinski definition) is 3. The Kier molecular flexibility index (Phi) is 3.69. The maximum atomic E-state index is 11.6. The molecule has 1 aliphatic rings. The molecule has 2 atom stereocenters. The Morgan fingerprint density at radius 2 is 2.21 bits per heavy atom. The molecule has 1 amide bonds. The summed E-state index contributed by atoms with van der Waals surface area (Å²) >= 11 is 0. The fraction of sp³-hybridized carbons (Fsp3) is 0.778. The van der Waals surface area contributed by atoms with E-state index in [9.17, 15) is 9.59 Å². The Morgan fingerprint density at radius 1 is 1.57 bits per heavy atom. The van der Waals surface area contributed by atoms with Crippen LogP contribution in [0, 0.1) is 0 Å². The zero-order valence-corrected chi connectivity index (χ0v) is 8.62. The number of likely N-dealkylation sites (N-methyl/N-ethyl adjacent to an activating group) is 1. The zero-order valence-electron chi connectivity index (χ0n) is 8.62. The molecule has 5 heteroatoms. The van der Waals surface area contributed by atoms with E-state index >= 15 is 0 Å². The SMILES string of the molecule is [B]C1CC(C(C)=O)N(C(=O)CNC)C1. The molecule has 1 fully saturated rings. The molecule has 1 saturated heterocycles. The third-order valence-corrected chi connectivity index (χ3v) is 2.45. The lowest BCUT2D eigenvalue weighted by atomic mass is 9.85. The van der Waals surface area contributed by atoms with Gasteiger partial charge in [-0.15, -0.1) is 0 Å². The first-order valence-electron chi connectivity index (χ1n) is 4.76. The minimum Gasteiger partial charge on any atom is -0.332 e. The average Bonchev–Trinajstić information content (AvgIpc) is 2.48. The third kappa shape index (κ3) is 2.35. The highest BCUT2D eigenvalue weighted by Crippen LogP contribution is 2.25. The van der Waals surface area contributed by atoms with Gasteiger partial charge in [0.1, 0.15) is 0 Å². The summed E-state index contributed by atoms with van der Waals surface area (Å²) in [6.07, 6.45) is 0.588. The van der Waals surface area contributed by atoms with E-state index < -0.39 is 0 Å². The van der Waals surface area contributed by atoms with Crippen molar-refractivity contribution in [3.8, 4) is 0 Å². The summed E-state index contributed by atoms with van der Waals surface area (Å²) in [6, 6.07) is -0.314. The van der Waals surface area contributed by atoms with Crippen molar-refractivity contribution < 1.29 is 9.59 Å². The van der Waals surface area contributed by atoms with Crippen molar-refractivity contribution in [1.82, 2.24) is 10.2 Å². The monoisotopic (exact) mass is 194 g/mol. The number of likely N-dealkylation sites (tertiary alicyclic amines) is 1. The van der Waals surface area contributed by atoms with Gasteiger partial charge in [0.05, 0.1) is 20.4 Å². The Hall–Kier alpha value is -0.835. The van der Waals surface area contributed by atoms with E-state index in [0.29, 0.717) is 13.0 Å². The van der Waals surface area contributed by atoms with Crippen LogP contribution in [0.2, 0.25) is 5.82 Å². The predicted octanol–water partition coefficient (Wildman–Crippen LogP) is -0.647. The van der Waals surface area contributed by atoms with Crippen LogP contribution < -0.4 is 5.32 Å². The summed E-state index contributed by atoms with van der Waals surface area (Å²) in [4.78, 5) is 24.4. The van der Waals surface area contributed by atoms with Gasteiger partial charge in [-0.2, -0.15) is 0 Å². The van der Waals surface area contributed by atoms with E-state index in [4.69, 9.17) is 7.85 Å². The number of nitrogens with zero attached hydrogens (tertiary/aromatic N) is 1. The molecule has 76 valence electrons. The van der Waals surface area contributed by atoms with Gasteiger partial charge in [0.15, 0.2) is 5.78 Å². The van der Waals surface area contributed by atoms with Gasteiger partial charge in [-0.3, -0.25) is 9.59 Å². The summed E-state index contributed by atoms with van der Waals surface area (Å²) in [7, 11) is 7.43. The second-order valence-electron chi connectivity index (χ2n) is 3.70. The minimum absolute atomic E-state index is 0.0161. The number of carbonyl (C=O) groups excluding carboxylic acids is 2. The van der Waals surface area contributed by atoms with E-state index in [1.54, 1.807) is 11.9 Å². The highest BCUT2D eigenvalue weighted by atomic mass is 16.2. The molecular formula is C9H15BN2O2. The number of amides is 1. The van der Waals surface area contributed by atoms with E-state index in [0.717, 1.165) is 0 Å². The normalized spacial score (nSPS) is 26.6. The fourth-order valence-electron chi connectivity index (χ4n) is 1.78. The van der Waals surface area contributed by atoms with Gasteiger partial charge in [0.25, 0.3) is 0 Å². The highest BCUT2D eigenvalue weighted by Gasteiger charge is 2.34. The molecule has 1 N–H and O–H groups in total. The van der Waals surface area contributed by atoms with E-state index in [1.807, 2.05) is 0 Å². The number of rotatable bonds is 3. The van der Waals surface area contributed by atoms with Gasteiger partial charge in [-0.25, -0.2) is 0 Å². The van der Waals surface area contributed by atoms with Crippen LogP contribution in [0.1, 0.15) is 13.3 Å². The van der Waals surface area contributed by atoms with Crippen molar-refractivity contribution in [2.75, 3.05) is 20.1 Å². The van der Waals surface area contributed by atoms with Gasteiger partial charge >= 0.3 is 0 Å². The molecule has 0 aromatic carbocycles. The Morgan fingerprint density at radius 3 is 2.71 bits per heavy atom. The summed E-state index contributed by atoms with van der Waals surface area (Å²) in [5, 5.41) is 2.78. The Bertz CT molecular complexity index is 245. The number of nitrogens with one attached hydrogen (secondary N) is 1. The molecule has 1 rings (SSSR count). The fourth-order valence-corrected chi connectivity index (χ4v) is 1.78. The summed E-state index contributed by atoms with van der Waals surface area (Å²) in [5.41, 5.74) is 0. The minimum atomic E-state index is -0.314. The Balaban J connectivity index is 2.66. The second-order valence-corrected chi connectivity index (χ2v) is 3.70. The molecule has 0 aromatic rings. The average molecular weight is 194 g/mol. The first-order chi connectivity index (χ1) is 6.56. The molecule has 0 spiro atoms. The molecule has 0 aliphatic carbocycles. The lowest BCUT2D eigenvalue weighted by Gasteiger charge is -2.22. The number of Topliss-reactive ketones (excluding diaryl/α,β-unsaturated/α-hetero) is 1. The van der Waals surface area contributed by atoms with Crippen molar-refractivity contribution >= 4 is 19.5 Å². The molecule has 4 nitrogen and oxygen atoms in total. The van der Waals surface area contributed by atoms with Crippen molar-refractivity contribution in [3.05, 3.63) is 0 Å². The van der Waals surface area contributed by atoms with Gasteiger partial charge < -0.3 is 10.2 Å². The summed E-state index contributed by atoms with van der Waals surface area (Å²) in [6.45, 7) is 2.25. The largest absolute Gasteiger partial charge is 0.332 e. The third-order valence-electron chi connectivity index (χ3n) is 2.45. The summed E-state index contributed by atoms with van der Waals surface area (Å²) in [5.74, 6) is -0.104. The highest BCUT2D eigenvalue weighted by molar-refractivity contribution is 6.12. The maximum Gasteiger partial charge on any atom is 0.237 e. The van der Waals surface area contributed by atoms with Gasteiger partial charge in [0, 0.05) is 6.54 Å². The van der Waals surface area contributed by atoms with Crippen LogP contribution in [0.15, 0.2) is 0 Å². The van der Waals surface area contributed by atoms with Crippen molar-refractivity contribution in [3.63, 3.8) is 0 Å². The van der Waals surface area contributed by atoms with Gasteiger partial charge in [0.2, 0.25) is 5.91 Å². The molecule has 1 aliphatic heterocycles. The molecule has 0 saturated carbocycles. The van der Waals surface area contributed by atoms with Crippen molar-refractivity contribution in [2.45, 2.75) is 25.2 Å². The van der Waals surface area contributed by atoms with Gasteiger partial charge in [-0.1, -0.05) is 5.82 Å². The first kappa shape index (κ1) is 11.2. The van der Waals surface area contributed by atoms with Crippen LogP contribution >= 0.6 is 0 Å². The van der Waals surface area contributed by atoms with Crippen LogP contribution in [0.25, 0.3) is 0 Å². The van der Waals surface area contributed by atoms with E-state index in [-0.39, 0.29) is 30.1 Å². The van der Waals surface area contributed by atoms with Crippen LogP contribution in [0.5, 0.6) is 0 Å². The van der Waals surface area contributed by atoms with Crippen LogP contribution in [0.3, 0.4) is 0 Å².